The van der Waals surface area contributed by atoms with E-state index in [0.29, 0.717) is 34.3 Å². The summed E-state index contributed by atoms with van der Waals surface area (Å²) in [6.07, 6.45) is 1.31. The fourth-order valence-corrected chi connectivity index (χ4v) is 4.80. The van der Waals surface area contributed by atoms with Gasteiger partial charge in [0.25, 0.3) is 0 Å². The van der Waals surface area contributed by atoms with E-state index in [9.17, 15) is 18.0 Å². The zero-order valence-corrected chi connectivity index (χ0v) is 21.9. The van der Waals surface area contributed by atoms with Crippen molar-refractivity contribution in [1.82, 2.24) is 10.2 Å². The van der Waals surface area contributed by atoms with Gasteiger partial charge in [0.2, 0.25) is 21.8 Å². The summed E-state index contributed by atoms with van der Waals surface area (Å²) in [5.41, 5.74) is 0.728. The van der Waals surface area contributed by atoms with Gasteiger partial charge in [-0.2, -0.15) is 0 Å². The summed E-state index contributed by atoms with van der Waals surface area (Å²) in [6.45, 7) is 3.33. The Morgan fingerprint density at radius 1 is 1.09 bits per heavy atom. The second-order valence-electron chi connectivity index (χ2n) is 7.51. The molecular formula is C23H29Cl2N3O5S. The van der Waals surface area contributed by atoms with Crippen LogP contribution in [-0.4, -0.2) is 57.6 Å². The summed E-state index contributed by atoms with van der Waals surface area (Å²) in [5, 5.41) is 3.40. The summed E-state index contributed by atoms with van der Waals surface area (Å²) in [7, 11) is -2.39. The highest BCUT2D eigenvalue weighted by Gasteiger charge is 2.32. The quantitative estimate of drug-likeness (QED) is 0.478. The molecule has 0 unspecified atom stereocenters. The van der Waals surface area contributed by atoms with E-state index in [1.54, 1.807) is 50.2 Å². The average molecular weight is 530 g/mol. The number of sulfonamides is 1. The number of carbonyl (C=O) groups is 2. The monoisotopic (exact) mass is 529 g/mol. The Morgan fingerprint density at radius 3 is 2.24 bits per heavy atom. The second kappa shape index (κ2) is 12.3. The molecule has 0 fully saturated rings. The molecule has 11 heteroatoms. The third-order valence-electron chi connectivity index (χ3n) is 5.15. The van der Waals surface area contributed by atoms with Gasteiger partial charge in [0.15, 0.2) is 0 Å². The molecule has 2 aromatic carbocycles. The lowest BCUT2D eigenvalue weighted by Gasteiger charge is -2.33. The van der Waals surface area contributed by atoms with E-state index in [1.807, 2.05) is 0 Å². The third kappa shape index (κ3) is 7.01. The minimum atomic E-state index is -3.85. The highest BCUT2D eigenvalue weighted by atomic mass is 35.5. The van der Waals surface area contributed by atoms with Gasteiger partial charge in [0, 0.05) is 34.8 Å². The first-order valence-electron chi connectivity index (χ1n) is 10.6. The Labute approximate surface area is 210 Å². The Balaban J connectivity index is 2.50. The van der Waals surface area contributed by atoms with Crippen molar-refractivity contribution >= 4 is 50.7 Å². The summed E-state index contributed by atoms with van der Waals surface area (Å²) in [4.78, 5) is 27.7. The summed E-state index contributed by atoms with van der Waals surface area (Å²) < 4.78 is 31.4. The van der Waals surface area contributed by atoms with Crippen molar-refractivity contribution in [2.75, 3.05) is 30.8 Å². The number of nitrogens with zero attached hydrogens (tertiary/aromatic N) is 2. The second-order valence-corrected chi connectivity index (χ2v) is 10.2. The SMILES string of the molecule is CCNC(=O)[C@@H](CC)N(Cc1c(Cl)cccc1Cl)C(=O)CN(c1cccc(OC)c1)S(C)(=O)=O. The molecule has 186 valence electrons. The Morgan fingerprint density at radius 2 is 1.71 bits per heavy atom. The van der Waals surface area contributed by atoms with E-state index in [-0.39, 0.29) is 18.1 Å². The normalized spacial score (nSPS) is 12.1. The first-order chi connectivity index (χ1) is 16.0. The lowest BCUT2D eigenvalue weighted by atomic mass is 10.1. The van der Waals surface area contributed by atoms with Gasteiger partial charge in [0.1, 0.15) is 18.3 Å². The Bertz CT molecular complexity index is 1110. The molecule has 1 atom stereocenters. The number of rotatable bonds is 11. The van der Waals surface area contributed by atoms with Gasteiger partial charge in [-0.15, -0.1) is 0 Å². The zero-order valence-electron chi connectivity index (χ0n) is 19.5. The smallest absolute Gasteiger partial charge is 0.244 e. The highest BCUT2D eigenvalue weighted by Crippen LogP contribution is 2.28. The van der Waals surface area contributed by atoms with Gasteiger partial charge in [-0.25, -0.2) is 8.42 Å². The molecule has 0 aliphatic heterocycles. The van der Waals surface area contributed by atoms with Crippen LogP contribution in [0.2, 0.25) is 10.0 Å². The van der Waals surface area contributed by atoms with Crippen LogP contribution in [0.4, 0.5) is 5.69 Å². The van der Waals surface area contributed by atoms with Crippen LogP contribution in [0, 0.1) is 0 Å². The molecule has 0 spiro atoms. The van der Waals surface area contributed by atoms with Crippen molar-refractivity contribution in [1.29, 1.82) is 0 Å². The van der Waals surface area contributed by atoms with Crippen molar-refractivity contribution in [3.05, 3.63) is 58.1 Å². The van der Waals surface area contributed by atoms with Gasteiger partial charge in [0.05, 0.1) is 19.1 Å². The predicted octanol–water partition coefficient (Wildman–Crippen LogP) is 3.71. The molecule has 0 aliphatic carbocycles. The number of likely N-dealkylation sites (N-methyl/N-ethyl adjacent to an activating group) is 1. The van der Waals surface area contributed by atoms with Gasteiger partial charge >= 0.3 is 0 Å². The molecule has 0 saturated carbocycles. The zero-order chi connectivity index (χ0) is 25.5. The van der Waals surface area contributed by atoms with Crippen LogP contribution in [-0.2, 0) is 26.2 Å². The highest BCUT2D eigenvalue weighted by molar-refractivity contribution is 7.92. The molecule has 1 N–H and O–H groups in total. The predicted molar refractivity (Wildman–Crippen MR) is 135 cm³/mol. The molecule has 0 aromatic heterocycles. The maximum Gasteiger partial charge on any atom is 0.244 e. The molecule has 0 radical (unpaired) electrons. The van der Waals surface area contributed by atoms with Gasteiger partial charge in [-0.1, -0.05) is 42.3 Å². The topological polar surface area (TPSA) is 96.0 Å². The molecule has 8 nitrogen and oxygen atoms in total. The van der Waals surface area contributed by atoms with Crippen molar-refractivity contribution in [2.24, 2.45) is 0 Å². The van der Waals surface area contributed by atoms with Crippen LogP contribution in [0.5, 0.6) is 5.75 Å². The van der Waals surface area contributed by atoms with Crippen LogP contribution < -0.4 is 14.4 Å². The summed E-state index contributed by atoms with van der Waals surface area (Å²) >= 11 is 12.7. The van der Waals surface area contributed by atoms with E-state index < -0.39 is 28.5 Å². The Hall–Kier alpha value is -2.49. The molecule has 0 aliphatic rings. The lowest BCUT2D eigenvalue weighted by molar-refractivity contribution is -0.140. The molecule has 34 heavy (non-hydrogen) atoms. The molecule has 0 heterocycles. The fraction of sp³-hybridized carbons (Fsp3) is 0.391. The van der Waals surface area contributed by atoms with Crippen LogP contribution in [0.25, 0.3) is 0 Å². The van der Waals surface area contributed by atoms with Crippen LogP contribution in [0.3, 0.4) is 0 Å². The maximum absolute atomic E-state index is 13.6. The van der Waals surface area contributed by atoms with Crippen LogP contribution in [0.15, 0.2) is 42.5 Å². The van der Waals surface area contributed by atoms with Crippen molar-refractivity contribution in [3.63, 3.8) is 0 Å². The standard InChI is InChI=1S/C23H29Cl2N3O5S/c1-5-21(23(30)26-6-2)27(14-18-19(24)11-8-12-20(18)25)22(29)15-28(34(4,31)32)16-9-7-10-17(13-16)33-3/h7-13,21H,5-6,14-15H2,1-4H3,(H,26,30)/t21-/m1/s1. The van der Waals surface area contributed by atoms with E-state index in [0.717, 1.165) is 10.6 Å². The number of carbonyl (C=O) groups excluding carboxylic acids is 2. The fourth-order valence-electron chi connectivity index (χ4n) is 3.44. The number of ether oxygens (including phenoxy) is 1. The van der Waals surface area contributed by atoms with Gasteiger partial charge in [-0.3, -0.25) is 13.9 Å². The number of anilines is 1. The molecule has 2 aromatic rings. The summed E-state index contributed by atoms with van der Waals surface area (Å²) in [6, 6.07) is 10.5. The number of nitrogens with one attached hydrogen (secondary N) is 1. The number of halogens is 2. The minimum Gasteiger partial charge on any atom is -0.497 e. The largest absolute Gasteiger partial charge is 0.497 e. The van der Waals surface area contributed by atoms with Gasteiger partial charge in [-0.05, 0) is 37.6 Å². The average Bonchev–Trinajstić information content (AvgIpc) is 2.78. The number of hydrogen-bond acceptors (Lipinski definition) is 5. The first-order valence-corrected chi connectivity index (χ1v) is 13.3. The van der Waals surface area contributed by atoms with Crippen LogP contribution in [0.1, 0.15) is 25.8 Å². The maximum atomic E-state index is 13.6. The molecule has 2 amide bonds. The number of benzene rings is 2. The summed E-state index contributed by atoms with van der Waals surface area (Å²) in [5.74, 6) is -0.497. The van der Waals surface area contributed by atoms with E-state index in [1.165, 1.54) is 18.1 Å². The number of methoxy groups -OCH3 is 1. The van der Waals surface area contributed by atoms with Crippen molar-refractivity contribution in [3.8, 4) is 5.75 Å². The van der Waals surface area contributed by atoms with Crippen LogP contribution >= 0.6 is 23.2 Å². The number of amides is 2. The van der Waals surface area contributed by atoms with E-state index in [4.69, 9.17) is 27.9 Å². The minimum absolute atomic E-state index is 0.0668. The Kier molecular flexibility index (Phi) is 10.0. The van der Waals surface area contributed by atoms with Gasteiger partial charge < -0.3 is 15.0 Å². The van der Waals surface area contributed by atoms with E-state index >= 15 is 0 Å². The lowest BCUT2D eigenvalue weighted by Crippen LogP contribution is -2.52. The molecule has 2 rings (SSSR count). The molecule has 0 bridgehead atoms. The third-order valence-corrected chi connectivity index (χ3v) is 7.00. The van der Waals surface area contributed by atoms with E-state index in [2.05, 4.69) is 5.32 Å². The van der Waals surface area contributed by atoms with Crippen molar-refractivity contribution < 1.29 is 22.7 Å². The molecular weight excluding hydrogens is 501 g/mol. The first kappa shape index (κ1) is 27.8. The van der Waals surface area contributed by atoms with Crippen molar-refractivity contribution in [2.45, 2.75) is 32.9 Å². The number of hydrogen-bond donors (Lipinski definition) is 1. The molecule has 0 saturated heterocycles.